The second-order valence-electron chi connectivity index (χ2n) is 5.29. The quantitative estimate of drug-likeness (QED) is 0.857. The summed E-state index contributed by atoms with van der Waals surface area (Å²) in [6.07, 6.45) is 3.71. The summed E-state index contributed by atoms with van der Waals surface area (Å²) in [4.78, 5) is 16.6. The summed E-state index contributed by atoms with van der Waals surface area (Å²) >= 11 is 0. The minimum absolute atomic E-state index is 0.0313. The fourth-order valence-corrected chi connectivity index (χ4v) is 3.04. The minimum Gasteiger partial charge on any atom is -0.459 e. The molecule has 0 unspecified atom stereocenters. The minimum atomic E-state index is 0.0313. The Morgan fingerprint density at radius 2 is 1.95 bits per heavy atom. The second-order valence-corrected chi connectivity index (χ2v) is 5.29. The zero-order valence-electron chi connectivity index (χ0n) is 11.2. The van der Waals surface area contributed by atoms with Crippen molar-refractivity contribution in [1.82, 2.24) is 15.1 Å². The van der Waals surface area contributed by atoms with Crippen molar-refractivity contribution in [2.45, 2.75) is 18.9 Å². The van der Waals surface area contributed by atoms with Crippen molar-refractivity contribution in [3.8, 4) is 0 Å². The molecule has 1 amide bonds. The Bertz CT molecular complexity index is 404. The van der Waals surface area contributed by atoms with Gasteiger partial charge in [-0.2, -0.15) is 0 Å². The number of likely N-dealkylation sites (tertiary alicyclic amines) is 1. The van der Waals surface area contributed by atoms with Crippen LogP contribution in [0.15, 0.2) is 22.8 Å². The third-order valence-corrected chi connectivity index (χ3v) is 4.15. The molecule has 104 valence electrons. The molecular weight excluding hydrogens is 242 g/mol. The van der Waals surface area contributed by atoms with Crippen LogP contribution in [0.5, 0.6) is 0 Å². The molecule has 3 heterocycles. The van der Waals surface area contributed by atoms with Crippen molar-refractivity contribution < 1.29 is 9.21 Å². The van der Waals surface area contributed by atoms with Gasteiger partial charge in [0.05, 0.1) is 6.26 Å². The van der Waals surface area contributed by atoms with Crippen LogP contribution in [-0.4, -0.2) is 61.0 Å². The molecule has 5 heteroatoms. The molecule has 0 aromatic carbocycles. The molecule has 5 nitrogen and oxygen atoms in total. The summed E-state index contributed by atoms with van der Waals surface area (Å²) < 4.78 is 5.18. The topological polar surface area (TPSA) is 48.7 Å². The number of piperidine rings is 1. The average Bonchev–Trinajstić information content (AvgIpc) is 3.02. The summed E-state index contributed by atoms with van der Waals surface area (Å²) in [5.41, 5.74) is 0. The van der Waals surface area contributed by atoms with Crippen molar-refractivity contribution >= 4 is 5.91 Å². The Balaban J connectivity index is 1.53. The van der Waals surface area contributed by atoms with Crippen LogP contribution in [-0.2, 0) is 0 Å². The highest BCUT2D eigenvalue weighted by atomic mass is 16.3. The molecule has 0 atom stereocenters. The van der Waals surface area contributed by atoms with Gasteiger partial charge in [0.25, 0.3) is 5.91 Å². The molecule has 19 heavy (non-hydrogen) atoms. The van der Waals surface area contributed by atoms with E-state index in [9.17, 15) is 4.79 Å². The smallest absolute Gasteiger partial charge is 0.289 e. The predicted molar refractivity (Wildman–Crippen MR) is 72.1 cm³/mol. The van der Waals surface area contributed by atoms with Gasteiger partial charge in [-0.1, -0.05) is 0 Å². The lowest BCUT2D eigenvalue weighted by Crippen LogP contribution is -2.52. The van der Waals surface area contributed by atoms with Crippen LogP contribution in [0.3, 0.4) is 0 Å². The largest absolute Gasteiger partial charge is 0.459 e. The molecule has 1 aromatic rings. The van der Waals surface area contributed by atoms with E-state index in [-0.39, 0.29) is 5.91 Å². The average molecular weight is 263 g/mol. The van der Waals surface area contributed by atoms with Crippen LogP contribution >= 0.6 is 0 Å². The van der Waals surface area contributed by atoms with Crippen LogP contribution in [0.4, 0.5) is 0 Å². The van der Waals surface area contributed by atoms with Crippen LogP contribution in [0, 0.1) is 0 Å². The number of nitrogens with one attached hydrogen (secondary N) is 1. The molecule has 1 N–H and O–H groups in total. The van der Waals surface area contributed by atoms with E-state index in [4.69, 9.17) is 4.42 Å². The molecule has 2 aliphatic rings. The van der Waals surface area contributed by atoms with Crippen molar-refractivity contribution in [3.05, 3.63) is 24.2 Å². The Hall–Kier alpha value is -1.33. The van der Waals surface area contributed by atoms with Gasteiger partial charge in [0.2, 0.25) is 0 Å². The maximum Gasteiger partial charge on any atom is 0.289 e. The lowest BCUT2D eigenvalue weighted by Gasteiger charge is -2.40. The molecule has 0 bridgehead atoms. The lowest BCUT2D eigenvalue weighted by molar-refractivity contribution is 0.0573. The number of hydrogen-bond acceptors (Lipinski definition) is 4. The highest BCUT2D eigenvalue weighted by Crippen LogP contribution is 2.19. The number of amides is 1. The molecule has 0 radical (unpaired) electrons. The molecule has 0 spiro atoms. The Morgan fingerprint density at radius 3 is 2.58 bits per heavy atom. The zero-order chi connectivity index (χ0) is 13.1. The number of carbonyl (C=O) groups excluding carboxylic acids is 1. The number of rotatable bonds is 2. The molecule has 2 fully saturated rings. The highest BCUT2D eigenvalue weighted by Gasteiger charge is 2.28. The van der Waals surface area contributed by atoms with E-state index in [1.807, 2.05) is 4.90 Å². The Morgan fingerprint density at radius 1 is 1.21 bits per heavy atom. The standard InChI is InChI=1S/C14H21N3O2/c18-14(13-2-1-11-19-13)17-7-3-12(4-8-17)16-9-5-15-6-10-16/h1-2,11-12,15H,3-10H2. The molecule has 3 rings (SSSR count). The molecule has 1 aromatic heterocycles. The SMILES string of the molecule is O=C(c1ccco1)N1CCC(N2CCNCC2)CC1. The predicted octanol–water partition coefficient (Wildman–Crippen LogP) is 0.789. The van der Waals surface area contributed by atoms with Crippen LogP contribution in [0.1, 0.15) is 23.4 Å². The number of furan rings is 1. The van der Waals surface area contributed by atoms with Crippen LogP contribution < -0.4 is 5.32 Å². The van der Waals surface area contributed by atoms with E-state index in [0.29, 0.717) is 11.8 Å². The maximum absolute atomic E-state index is 12.2. The normalized spacial score (nSPS) is 22.6. The Labute approximate surface area is 113 Å². The van der Waals surface area contributed by atoms with Gasteiger partial charge in [-0.25, -0.2) is 0 Å². The van der Waals surface area contributed by atoms with Crippen molar-refractivity contribution in [2.24, 2.45) is 0 Å². The van der Waals surface area contributed by atoms with Gasteiger partial charge >= 0.3 is 0 Å². The zero-order valence-corrected chi connectivity index (χ0v) is 11.2. The van der Waals surface area contributed by atoms with E-state index in [2.05, 4.69) is 10.2 Å². The first-order valence-corrected chi connectivity index (χ1v) is 7.12. The molecule has 0 aliphatic carbocycles. The summed E-state index contributed by atoms with van der Waals surface area (Å²) in [5, 5.41) is 3.38. The molecule has 2 aliphatic heterocycles. The van der Waals surface area contributed by atoms with Crippen molar-refractivity contribution in [2.75, 3.05) is 39.3 Å². The van der Waals surface area contributed by atoms with E-state index in [1.54, 1.807) is 18.4 Å². The first-order chi connectivity index (χ1) is 9.34. The van der Waals surface area contributed by atoms with Gasteiger partial charge in [0.1, 0.15) is 0 Å². The molecule has 0 saturated carbocycles. The van der Waals surface area contributed by atoms with Gasteiger partial charge in [-0.3, -0.25) is 9.69 Å². The third kappa shape index (κ3) is 2.82. The lowest BCUT2D eigenvalue weighted by atomic mass is 10.0. The highest BCUT2D eigenvalue weighted by molar-refractivity contribution is 5.91. The number of carbonyl (C=O) groups is 1. The number of hydrogen-bond donors (Lipinski definition) is 1. The monoisotopic (exact) mass is 263 g/mol. The summed E-state index contributed by atoms with van der Waals surface area (Å²) in [6.45, 7) is 6.13. The van der Waals surface area contributed by atoms with Crippen molar-refractivity contribution in [1.29, 1.82) is 0 Å². The Kier molecular flexibility index (Phi) is 3.84. The second kappa shape index (κ2) is 5.75. The van der Waals surface area contributed by atoms with E-state index >= 15 is 0 Å². The summed E-state index contributed by atoms with van der Waals surface area (Å²) in [6, 6.07) is 4.15. The first kappa shape index (κ1) is 12.7. The number of piperazine rings is 1. The van der Waals surface area contributed by atoms with E-state index < -0.39 is 0 Å². The summed E-state index contributed by atoms with van der Waals surface area (Å²) in [5.74, 6) is 0.490. The molecular formula is C14H21N3O2. The van der Waals surface area contributed by atoms with Crippen LogP contribution in [0.25, 0.3) is 0 Å². The van der Waals surface area contributed by atoms with Gasteiger partial charge in [-0.05, 0) is 25.0 Å². The molecule has 2 saturated heterocycles. The van der Waals surface area contributed by atoms with Gasteiger partial charge in [0, 0.05) is 45.3 Å². The fraction of sp³-hybridized carbons (Fsp3) is 0.643. The van der Waals surface area contributed by atoms with Gasteiger partial charge < -0.3 is 14.6 Å². The third-order valence-electron chi connectivity index (χ3n) is 4.15. The maximum atomic E-state index is 12.2. The first-order valence-electron chi connectivity index (χ1n) is 7.12. The summed E-state index contributed by atoms with van der Waals surface area (Å²) in [7, 11) is 0. The fourth-order valence-electron chi connectivity index (χ4n) is 3.04. The van der Waals surface area contributed by atoms with E-state index in [0.717, 1.165) is 52.1 Å². The van der Waals surface area contributed by atoms with Gasteiger partial charge in [0.15, 0.2) is 5.76 Å². The van der Waals surface area contributed by atoms with Crippen molar-refractivity contribution in [3.63, 3.8) is 0 Å². The van der Waals surface area contributed by atoms with Gasteiger partial charge in [-0.15, -0.1) is 0 Å². The van der Waals surface area contributed by atoms with Crippen LogP contribution in [0.2, 0.25) is 0 Å². The number of nitrogens with zero attached hydrogens (tertiary/aromatic N) is 2. The van der Waals surface area contributed by atoms with E-state index in [1.165, 1.54) is 0 Å².